The van der Waals surface area contributed by atoms with Gasteiger partial charge in [0.1, 0.15) is 0 Å². The van der Waals surface area contributed by atoms with Gasteiger partial charge in [0.05, 0.1) is 0 Å². The van der Waals surface area contributed by atoms with E-state index in [1.807, 2.05) is 36.4 Å². The van der Waals surface area contributed by atoms with Gasteiger partial charge in [-0.1, -0.05) is 30.3 Å². The first-order valence-electron chi connectivity index (χ1n) is 9.15. The van der Waals surface area contributed by atoms with Crippen LogP contribution in [-0.4, -0.2) is 30.4 Å². The molecule has 27 heavy (non-hydrogen) atoms. The van der Waals surface area contributed by atoms with Gasteiger partial charge in [-0.25, -0.2) is 0 Å². The zero-order valence-electron chi connectivity index (χ0n) is 15.5. The van der Waals surface area contributed by atoms with Gasteiger partial charge in [0.2, 0.25) is 5.91 Å². The molecule has 0 bridgehead atoms. The highest BCUT2D eigenvalue weighted by atomic mass is 35.5. The number of hydrogen-bond donors (Lipinski definition) is 2. The number of hydrogen-bond acceptors (Lipinski definition) is 3. The first-order valence-corrected chi connectivity index (χ1v) is 9.15. The summed E-state index contributed by atoms with van der Waals surface area (Å²) in [6.07, 6.45) is 4.83. The number of nitrogens with one attached hydrogen (secondary N) is 1. The Morgan fingerprint density at radius 3 is 2.30 bits per heavy atom. The van der Waals surface area contributed by atoms with E-state index < -0.39 is 0 Å². The maximum atomic E-state index is 12.1. The molecule has 0 unspecified atom stereocenters. The minimum atomic E-state index is 0. The summed E-state index contributed by atoms with van der Waals surface area (Å²) in [5.41, 5.74) is 9.86. The molecule has 2 aromatic rings. The van der Waals surface area contributed by atoms with Crippen LogP contribution in [0.1, 0.15) is 30.4 Å². The first-order chi connectivity index (χ1) is 12.2. The zero-order valence-corrected chi connectivity index (χ0v) is 17.2. The number of para-hydroxylation sites is 1. The lowest BCUT2D eigenvalue weighted by Crippen LogP contribution is -2.21. The average molecular weight is 410 g/mol. The molecule has 0 spiro atoms. The topological polar surface area (TPSA) is 58.4 Å². The number of halogens is 2. The van der Waals surface area contributed by atoms with Crippen molar-refractivity contribution in [1.29, 1.82) is 0 Å². The molecule has 6 heteroatoms. The van der Waals surface area contributed by atoms with Gasteiger partial charge in [0.25, 0.3) is 0 Å². The number of amides is 1. The van der Waals surface area contributed by atoms with Gasteiger partial charge in [-0.3, -0.25) is 4.79 Å². The van der Waals surface area contributed by atoms with E-state index >= 15 is 0 Å². The lowest BCUT2D eigenvalue weighted by atomic mass is 10.1. The average Bonchev–Trinajstić information content (AvgIpc) is 3.14. The summed E-state index contributed by atoms with van der Waals surface area (Å²) in [5, 5.41) is 2.97. The lowest BCUT2D eigenvalue weighted by Gasteiger charge is -2.14. The van der Waals surface area contributed by atoms with Crippen LogP contribution in [0, 0.1) is 0 Å². The van der Waals surface area contributed by atoms with Crippen LogP contribution in [0.4, 0.5) is 11.4 Å². The van der Waals surface area contributed by atoms with E-state index in [9.17, 15) is 4.79 Å². The molecule has 3 rings (SSSR count). The maximum Gasteiger partial charge on any atom is 0.224 e. The smallest absolute Gasteiger partial charge is 0.224 e. The summed E-state index contributed by atoms with van der Waals surface area (Å²) >= 11 is 0. The second-order valence-electron chi connectivity index (χ2n) is 6.74. The molecular formula is C21H29Cl2N3O. The van der Waals surface area contributed by atoms with E-state index in [2.05, 4.69) is 22.3 Å². The van der Waals surface area contributed by atoms with E-state index in [1.165, 1.54) is 31.5 Å². The summed E-state index contributed by atoms with van der Waals surface area (Å²) in [6, 6.07) is 15.9. The van der Waals surface area contributed by atoms with Crippen LogP contribution in [0.25, 0.3) is 0 Å². The highest BCUT2D eigenvalue weighted by molar-refractivity contribution is 5.90. The first kappa shape index (κ1) is 23.3. The fraction of sp³-hybridized carbons (Fsp3) is 0.381. The summed E-state index contributed by atoms with van der Waals surface area (Å²) in [4.78, 5) is 14.6. The molecule has 148 valence electrons. The van der Waals surface area contributed by atoms with Crippen LogP contribution in [0.2, 0.25) is 0 Å². The highest BCUT2D eigenvalue weighted by Gasteiger charge is 2.11. The van der Waals surface area contributed by atoms with E-state index in [0.717, 1.165) is 29.9 Å². The van der Waals surface area contributed by atoms with E-state index in [1.54, 1.807) is 0 Å². The number of nitrogens with zero attached hydrogens (tertiary/aromatic N) is 1. The Morgan fingerprint density at radius 2 is 1.63 bits per heavy atom. The van der Waals surface area contributed by atoms with Crippen molar-refractivity contribution in [2.75, 3.05) is 30.7 Å². The number of likely N-dealkylation sites (tertiary alicyclic amines) is 1. The van der Waals surface area contributed by atoms with Gasteiger partial charge in [-0.15, -0.1) is 24.8 Å². The second kappa shape index (κ2) is 11.9. The summed E-state index contributed by atoms with van der Waals surface area (Å²) in [5.74, 6) is 0.0214. The van der Waals surface area contributed by atoms with Gasteiger partial charge in [0.15, 0.2) is 0 Å². The van der Waals surface area contributed by atoms with E-state index in [4.69, 9.17) is 5.73 Å². The van der Waals surface area contributed by atoms with Crippen molar-refractivity contribution in [1.82, 2.24) is 4.90 Å². The SMILES string of the molecule is Cl.Cl.Nc1ccccc1CCC(=O)Nc1ccc(CCN2CCCC2)cc1. The summed E-state index contributed by atoms with van der Waals surface area (Å²) in [7, 11) is 0. The van der Waals surface area contributed by atoms with Crippen molar-refractivity contribution in [3.63, 3.8) is 0 Å². The Morgan fingerprint density at radius 1 is 0.963 bits per heavy atom. The number of carbonyl (C=O) groups is 1. The van der Waals surface area contributed by atoms with Crippen molar-refractivity contribution < 1.29 is 4.79 Å². The fourth-order valence-electron chi connectivity index (χ4n) is 3.28. The van der Waals surface area contributed by atoms with Crippen LogP contribution in [-0.2, 0) is 17.6 Å². The fourth-order valence-corrected chi connectivity index (χ4v) is 3.28. The molecule has 1 amide bonds. The number of carbonyl (C=O) groups excluding carboxylic acids is 1. The molecule has 4 nitrogen and oxygen atoms in total. The third-order valence-corrected chi connectivity index (χ3v) is 4.83. The standard InChI is InChI=1S/C21H27N3O.2ClH/c22-20-6-2-1-5-18(20)9-12-21(25)23-19-10-7-17(8-11-19)13-16-24-14-3-4-15-24;;/h1-2,5-8,10-11H,3-4,9,12-16,22H2,(H,23,25);2*1H. The predicted molar refractivity (Wildman–Crippen MR) is 118 cm³/mol. The van der Waals surface area contributed by atoms with E-state index in [0.29, 0.717) is 12.8 Å². The number of benzene rings is 2. The molecule has 0 saturated carbocycles. The summed E-state index contributed by atoms with van der Waals surface area (Å²) < 4.78 is 0. The van der Waals surface area contributed by atoms with Crippen molar-refractivity contribution >= 4 is 42.1 Å². The Kier molecular flexibility index (Phi) is 10.2. The quantitative estimate of drug-likeness (QED) is 0.669. The van der Waals surface area contributed by atoms with Crippen LogP contribution >= 0.6 is 24.8 Å². The number of nitrogen functional groups attached to an aromatic ring is 1. The minimum absolute atomic E-state index is 0. The largest absolute Gasteiger partial charge is 0.399 e. The lowest BCUT2D eigenvalue weighted by molar-refractivity contribution is -0.116. The molecule has 0 radical (unpaired) electrons. The van der Waals surface area contributed by atoms with Crippen molar-refractivity contribution in [3.8, 4) is 0 Å². The van der Waals surface area contributed by atoms with Gasteiger partial charge >= 0.3 is 0 Å². The normalized spacial score (nSPS) is 13.5. The predicted octanol–water partition coefficient (Wildman–Crippen LogP) is 4.32. The molecule has 1 aliphatic heterocycles. The maximum absolute atomic E-state index is 12.1. The number of rotatable bonds is 7. The molecular weight excluding hydrogens is 381 g/mol. The molecule has 0 aliphatic carbocycles. The Balaban J connectivity index is 0.00000182. The Labute approximate surface area is 174 Å². The Hall–Kier alpha value is -1.75. The van der Waals surface area contributed by atoms with Crippen LogP contribution < -0.4 is 11.1 Å². The number of nitrogens with two attached hydrogens (primary N) is 1. The number of aryl methyl sites for hydroxylation is 1. The highest BCUT2D eigenvalue weighted by Crippen LogP contribution is 2.15. The van der Waals surface area contributed by atoms with Gasteiger partial charge in [-0.2, -0.15) is 0 Å². The van der Waals surface area contributed by atoms with Gasteiger partial charge in [-0.05, 0) is 68.1 Å². The second-order valence-corrected chi connectivity index (χ2v) is 6.74. The zero-order chi connectivity index (χ0) is 17.5. The number of anilines is 2. The van der Waals surface area contributed by atoms with Crippen molar-refractivity contribution in [3.05, 3.63) is 59.7 Å². The van der Waals surface area contributed by atoms with Gasteiger partial charge < -0.3 is 16.0 Å². The third kappa shape index (κ3) is 7.41. The molecule has 0 aromatic heterocycles. The van der Waals surface area contributed by atoms with Gasteiger partial charge in [0, 0.05) is 24.3 Å². The van der Waals surface area contributed by atoms with Crippen LogP contribution in [0.5, 0.6) is 0 Å². The molecule has 1 fully saturated rings. The van der Waals surface area contributed by atoms with Crippen LogP contribution in [0.15, 0.2) is 48.5 Å². The molecule has 1 saturated heterocycles. The minimum Gasteiger partial charge on any atom is -0.399 e. The third-order valence-electron chi connectivity index (χ3n) is 4.83. The van der Waals surface area contributed by atoms with Crippen LogP contribution in [0.3, 0.4) is 0 Å². The molecule has 0 atom stereocenters. The molecule has 1 aliphatic rings. The van der Waals surface area contributed by atoms with E-state index in [-0.39, 0.29) is 30.7 Å². The Bertz CT molecular complexity index is 701. The molecule has 2 aromatic carbocycles. The van der Waals surface area contributed by atoms with Crippen molar-refractivity contribution in [2.24, 2.45) is 0 Å². The summed E-state index contributed by atoms with van der Waals surface area (Å²) in [6.45, 7) is 3.60. The van der Waals surface area contributed by atoms with Crippen molar-refractivity contribution in [2.45, 2.75) is 32.1 Å². The molecule has 3 N–H and O–H groups in total. The molecule has 1 heterocycles. The monoisotopic (exact) mass is 409 g/mol.